The lowest BCUT2D eigenvalue weighted by molar-refractivity contribution is -0.138. The molecule has 0 spiro atoms. The molecule has 0 bridgehead atoms. The minimum atomic E-state index is -4.55. The quantitative estimate of drug-likeness (QED) is 0.448. The molecule has 1 amide bonds. The molecular formula is C22H28ClF3N4O3S. The Balaban J connectivity index is 0.000000387. The van der Waals surface area contributed by atoms with E-state index in [1.165, 1.54) is 23.1 Å². The molecule has 1 aromatic carbocycles. The van der Waals surface area contributed by atoms with Crippen molar-refractivity contribution in [2.75, 3.05) is 42.6 Å². The SMILES string of the molecule is CCCCCS(=O)(=O)Cl.Nc1ccc(N2CCN(C(=O)c3ccccc3C(F)(F)F)CC2)nc1. The summed E-state index contributed by atoms with van der Waals surface area (Å²) in [6.07, 6.45) is -0.366. The third kappa shape index (κ3) is 8.68. The normalized spacial score (nSPS) is 14.4. The average molecular weight is 521 g/mol. The first-order valence-electron chi connectivity index (χ1n) is 10.8. The van der Waals surface area contributed by atoms with Crippen LogP contribution >= 0.6 is 10.7 Å². The Hall–Kier alpha value is -2.53. The maximum absolute atomic E-state index is 13.1. The van der Waals surface area contributed by atoms with Crippen molar-refractivity contribution in [2.24, 2.45) is 0 Å². The van der Waals surface area contributed by atoms with Crippen molar-refractivity contribution < 1.29 is 26.4 Å². The lowest BCUT2D eigenvalue weighted by Gasteiger charge is -2.35. The van der Waals surface area contributed by atoms with Gasteiger partial charge in [0, 0.05) is 36.9 Å². The first-order valence-corrected chi connectivity index (χ1v) is 13.2. The molecule has 3 rings (SSSR count). The number of benzene rings is 1. The summed E-state index contributed by atoms with van der Waals surface area (Å²) in [5, 5.41) is 0. The van der Waals surface area contributed by atoms with E-state index >= 15 is 0 Å². The van der Waals surface area contributed by atoms with Crippen LogP contribution in [0.3, 0.4) is 0 Å². The molecule has 1 aromatic heterocycles. The number of rotatable bonds is 6. The van der Waals surface area contributed by atoms with Gasteiger partial charge in [0.2, 0.25) is 9.05 Å². The molecular weight excluding hydrogens is 493 g/mol. The van der Waals surface area contributed by atoms with Crippen LogP contribution in [0.4, 0.5) is 24.7 Å². The molecule has 1 aliphatic rings. The van der Waals surface area contributed by atoms with Crippen LogP contribution in [0, 0.1) is 0 Å². The summed E-state index contributed by atoms with van der Waals surface area (Å²) in [6, 6.07) is 8.40. The zero-order chi connectivity index (χ0) is 25.4. The molecule has 2 heterocycles. The van der Waals surface area contributed by atoms with Crippen LogP contribution in [0.1, 0.15) is 42.1 Å². The van der Waals surface area contributed by atoms with Gasteiger partial charge in [0.05, 0.1) is 28.8 Å². The molecule has 2 N–H and O–H groups in total. The third-order valence-corrected chi connectivity index (χ3v) is 6.36. The summed E-state index contributed by atoms with van der Waals surface area (Å²) in [5.41, 5.74) is 4.95. The van der Waals surface area contributed by atoms with Crippen LogP contribution in [0.5, 0.6) is 0 Å². The molecule has 1 saturated heterocycles. The number of carbonyl (C=O) groups excluding carboxylic acids is 1. The average Bonchev–Trinajstić information content (AvgIpc) is 2.78. The number of amides is 1. The second-order valence-electron chi connectivity index (χ2n) is 7.72. The van der Waals surface area contributed by atoms with Crippen LogP contribution in [0.2, 0.25) is 0 Å². The van der Waals surface area contributed by atoms with Gasteiger partial charge >= 0.3 is 6.18 Å². The second kappa shape index (κ2) is 12.3. The number of nitrogen functional groups attached to an aromatic ring is 1. The van der Waals surface area contributed by atoms with E-state index in [2.05, 4.69) is 4.98 Å². The molecule has 2 aromatic rings. The summed E-state index contributed by atoms with van der Waals surface area (Å²) in [5.74, 6) is 0.248. The summed E-state index contributed by atoms with van der Waals surface area (Å²) < 4.78 is 59.8. The van der Waals surface area contributed by atoms with Gasteiger partial charge in [-0.2, -0.15) is 13.2 Å². The Morgan fingerprint density at radius 3 is 2.26 bits per heavy atom. The molecule has 0 radical (unpaired) electrons. The molecule has 34 heavy (non-hydrogen) atoms. The highest BCUT2D eigenvalue weighted by Crippen LogP contribution is 2.32. The first-order chi connectivity index (χ1) is 15.9. The van der Waals surface area contributed by atoms with Gasteiger partial charge in [0.15, 0.2) is 0 Å². The number of piperazine rings is 1. The minimum Gasteiger partial charge on any atom is -0.397 e. The fourth-order valence-corrected chi connectivity index (χ4v) is 4.21. The number of nitrogens with two attached hydrogens (primary N) is 1. The van der Waals surface area contributed by atoms with Crippen LogP contribution in [-0.4, -0.2) is 56.1 Å². The predicted octanol–water partition coefficient (Wildman–Crippen LogP) is 4.39. The van der Waals surface area contributed by atoms with Gasteiger partial charge in [-0.1, -0.05) is 31.9 Å². The van der Waals surface area contributed by atoms with E-state index in [-0.39, 0.29) is 11.3 Å². The Bertz CT molecular complexity index is 1040. The van der Waals surface area contributed by atoms with E-state index in [9.17, 15) is 26.4 Å². The van der Waals surface area contributed by atoms with Crippen molar-refractivity contribution in [1.29, 1.82) is 0 Å². The Kier molecular flexibility index (Phi) is 9.99. The largest absolute Gasteiger partial charge is 0.417 e. The number of halogens is 4. The highest BCUT2D eigenvalue weighted by molar-refractivity contribution is 8.13. The number of anilines is 2. The molecule has 0 atom stereocenters. The second-order valence-corrected chi connectivity index (χ2v) is 10.6. The molecule has 188 valence electrons. The van der Waals surface area contributed by atoms with Crippen molar-refractivity contribution in [3.05, 3.63) is 53.7 Å². The molecule has 1 fully saturated rings. The van der Waals surface area contributed by atoms with Gasteiger partial charge in [-0.25, -0.2) is 13.4 Å². The zero-order valence-corrected chi connectivity index (χ0v) is 20.3. The van der Waals surface area contributed by atoms with E-state index in [0.717, 1.165) is 24.7 Å². The number of alkyl halides is 3. The van der Waals surface area contributed by atoms with E-state index in [1.54, 1.807) is 18.3 Å². The van der Waals surface area contributed by atoms with Gasteiger partial charge in [-0.15, -0.1) is 0 Å². The maximum atomic E-state index is 13.1. The number of unbranched alkanes of at least 4 members (excludes halogenated alkanes) is 2. The number of hydrogen-bond donors (Lipinski definition) is 1. The lowest BCUT2D eigenvalue weighted by atomic mass is 10.1. The fraction of sp³-hybridized carbons (Fsp3) is 0.455. The number of aromatic nitrogens is 1. The van der Waals surface area contributed by atoms with Crippen molar-refractivity contribution in [1.82, 2.24) is 9.88 Å². The molecule has 1 aliphatic heterocycles. The molecule has 0 saturated carbocycles. The number of carbonyl (C=O) groups is 1. The fourth-order valence-electron chi connectivity index (χ4n) is 3.33. The van der Waals surface area contributed by atoms with E-state index in [1.807, 2.05) is 11.8 Å². The Morgan fingerprint density at radius 2 is 1.74 bits per heavy atom. The monoisotopic (exact) mass is 520 g/mol. The summed E-state index contributed by atoms with van der Waals surface area (Å²) in [7, 11) is 1.72. The molecule has 7 nitrogen and oxygen atoms in total. The van der Waals surface area contributed by atoms with Gasteiger partial charge < -0.3 is 15.5 Å². The molecule has 0 unspecified atom stereocenters. The van der Waals surface area contributed by atoms with Gasteiger partial charge in [0.25, 0.3) is 5.91 Å². The topological polar surface area (TPSA) is 96.6 Å². The Morgan fingerprint density at radius 1 is 1.09 bits per heavy atom. The van der Waals surface area contributed by atoms with Gasteiger partial charge in [0.1, 0.15) is 5.82 Å². The lowest BCUT2D eigenvalue weighted by Crippen LogP contribution is -2.49. The minimum absolute atomic E-state index is 0.113. The van der Waals surface area contributed by atoms with Crippen molar-refractivity contribution >= 4 is 37.1 Å². The summed E-state index contributed by atoms with van der Waals surface area (Å²) in [6.45, 7) is 3.67. The first kappa shape index (κ1) is 27.7. The smallest absolute Gasteiger partial charge is 0.397 e. The van der Waals surface area contributed by atoms with E-state index in [0.29, 0.717) is 38.3 Å². The number of pyridine rings is 1. The van der Waals surface area contributed by atoms with Gasteiger partial charge in [-0.05, 0) is 30.7 Å². The highest BCUT2D eigenvalue weighted by atomic mass is 35.7. The van der Waals surface area contributed by atoms with Crippen LogP contribution in [0.15, 0.2) is 42.6 Å². The predicted molar refractivity (Wildman–Crippen MR) is 127 cm³/mol. The number of nitrogens with zero attached hydrogens (tertiary/aromatic N) is 3. The maximum Gasteiger partial charge on any atom is 0.417 e. The van der Waals surface area contributed by atoms with Crippen LogP contribution in [-0.2, 0) is 15.2 Å². The highest BCUT2D eigenvalue weighted by Gasteiger charge is 2.36. The zero-order valence-electron chi connectivity index (χ0n) is 18.8. The standard InChI is InChI=1S/C17H17F3N4O.C5H11ClO2S/c18-17(19,20)14-4-2-1-3-13(14)16(25)24-9-7-23(8-10-24)15-6-5-12(21)11-22-15;1-2-3-4-5-9(6,7)8/h1-6,11H,7-10,21H2;2-5H2,1H3. The Labute approximate surface area is 202 Å². The van der Waals surface area contributed by atoms with Gasteiger partial charge in [-0.3, -0.25) is 4.79 Å². The van der Waals surface area contributed by atoms with Crippen molar-refractivity contribution in [3.63, 3.8) is 0 Å². The number of hydrogen-bond acceptors (Lipinski definition) is 6. The molecule has 12 heteroatoms. The van der Waals surface area contributed by atoms with Crippen LogP contribution < -0.4 is 10.6 Å². The molecule has 0 aliphatic carbocycles. The summed E-state index contributed by atoms with van der Waals surface area (Å²) in [4.78, 5) is 20.2. The summed E-state index contributed by atoms with van der Waals surface area (Å²) >= 11 is 0. The van der Waals surface area contributed by atoms with Crippen molar-refractivity contribution in [3.8, 4) is 0 Å². The van der Waals surface area contributed by atoms with E-state index in [4.69, 9.17) is 16.4 Å². The van der Waals surface area contributed by atoms with E-state index < -0.39 is 26.7 Å². The van der Waals surface area contributed by atoms with Crippen molar-refractivity contribution in [2.45, 2.75) is 32.4 Å². The van der Waals surface area contributed by atoms with Crippen LogP contribution in [0.25, 0.3) is 0 Å². The third-order valence-electron chi connectivity index (χ3n) is 5.12.